The first-order chi connectivity index (χ1) is 13.0. The molecule has 0 aliphatic heterocycles. The second-order valence-corrected chi connectivity index (χ2v) is 5.75. The molecule has 2 aromatic rings. The van der Waals surface area contributed by atoms with E-state index in [1.54, 1.807) is 34.5 Å². The average Bonchev–Trinajstić information content (AvgIpc) is 2.71. The number of ether oxygens (including phenoxy) is 4. The third kappa shape index (κ3) is 4.94. The first-order valence-corrected chi connectivity index (χ1v) is 8.45. The maximum absolute atomic E-state index is 12.3. The highest BCUT2D eigenvalue weighted by Crippen LogP contribution is 2.31. The van der Waals surface area contributed by atoms with E-state index in [9.17, 15) is 4.79 Å². The molecule has 0 unspecified atom stereocenters. The van der Waals surface area contributed by atoms with Gasteiger partial charge in [0.15, 0.2) is 11.5 Å². The van der Waals surface area contributed by atoms with E-state index in [-0.39, 0.29) is 11.9 Å². The maximum Gasteiger partial charge on any atom is 0.244 e. The summed E-state index contributed by atoms with van der Waals surface area (Å²) in [7, 11) is 6.31. The molecule has 0 radical (unpaired) electrons. The van der Waals surface area contributed by atoms with Crippen molar-refractivity contribution < 1.29 is 23.7 Å². The number of carbonyl (C=O) groups excluding carboxylic acids is 1. The van der Waals surface area contributed by atoms with Crippen molar-refractivity contribution in [2.24, 2.45) is 0 Å². The van der Waals surface area contributed by atoms with Gasteiger partial charge in [0.2, 0.25) is 5.91 Å². The van der Waals surface area contributed by atoms with Crippen molar-refractivity contribution in [3.8, 4) is 23.0 Å². The van der Waals surface area contributed by atoms with Crippen LogP contribution in [0.25, 0.3) is 6.08 Å². The van der Waals surface area contributed by atoms with Crippen LogP contribution in [0.5, 0.6) is 23.0 Å². The van der Waals surface area contributed by atoms with Gasteiger partial charge in [0, 0.05) is 6.08 Å². The number of nitrogens with one attached hydrogen (secondary N) is 1. The van der Waals surface area contributed by atoms with Crippen molar-refractivity contribution in [3.05, 3.63) is 53.6 Å². The lowest BCUT2D eigenvalue weighted by atomic mass is 10.1. The molecule has 27 heavy (non-hydrogen) atoms. The summed E-state index contributed by atoms with van der Waals surface area (Å²) in [5, 5.41) is 2.93. The normalized spacial score (nSPS) is 11.7. The van der Waals surface area contributed by atoms with Crippen molar-refractivity contribution in [2.45, 2.75) is 13.0 Å². The summed E-state index contributed by atoms with van der Waals surface area (Å²) in [5.41, 5.74) is 1.61. The summed E-state index contributed by atoms with van der Waals surface area (Å²) in [6.07, 6.45) is 3.13. The highest BCUT2D eigenvalue weighted by atomic mass is 16.5. The van der Waals surface area contributed by atoms with E-state index in [4.69, 9.17) is 18.9 Å². The highest BCUT2D eigenvalue weighted by molar-refractivity contribution is 5.92. The Hall–Kier alpha value is -3.15. The lowest BCUT2D eigenvalue weighted by Gasteiger charge is -2.16. The number of hydrogen-bond acceptors (Lipinski definition) is 5. The van der Waals surface area contributed by atoms with Crippen LogP contribution < -0.4 is 24.3 Å². The monoisotopic (exact) mass is 371 g/mol. The first-order valence-electron chi connectivity index (χ1n) is 8.45. The topological polar surface area (TPSA) is 66.0 Å². The van der Waals surface area contributed by atoms with Crippen LogP contribution >= 0.6 is 0 Å². The Morgan fingerprint density at radius 1 is 0.889 bits per heavy atom. The van der Waals surface area contributed by atoms with Gasteiger partial charge in [0.1, 0.15) is 11.5 Å². The summed E-state index contributed by atoms with van der Waals surface area (Å²) in [5.74, 6) is 2.29. The lowest BCUT2D eigenvalue weighted by Crippen LogP contribution is -2.24. The zero-order valence-electron chi connectivity index (χ0n) is 16.2. The fourth-order valence-corrected chi connectivity index (χ4v) is 2.67. The Morgan fingerprint density at radius 2 is 1.48 bits per heavy atom. The van der Waals surface area contributed by atoms with Gasteiger partial charge in [-0.3, -0.25) is 4.79 Å². The third-order valence-electron chi connectivity index (χ3n) is 4.13. The van der Waals surface area contributed by atoms with Crippen LogP contribution in [-0.4, -0.2) is 34.3 Å². The Labute approximate surface area is 159 Å². The molecule has 0 aliphatic rings. The van der Waals surface area contributed by atoms with Gasteiger partial charge in [-0.25, -0.2) is 0 Å². The van der Waals surface area contributed by atoms with Gasteiger partial charge in [-0.05, 0) is 42.8 Å². The van der Waals surface area contributed by atoms with E-state index in [0.29, 0.717) is 28.6 Å². The summed E-state index contributed by atoms with van der Waals surface area (Å²) in [6.45, 7) is 1.90. The Kier molecular flexibility index (Phi) is 7.11. The minimum atomic E-state index is -0.231. The molecule has 0 heterocycles. The van der Waals surface area contributed by atoms with Crippen molar-refractivity contribution in [1.82, 2.24) is 5.32 Å². The van der Waals surface area contributed by atoms with Crippen LogP contribution in [0.1, 0.15) is 24.1 Å². The van der Waals surface area contributed by atoms with Gasteiger partial charge in [-0.15, -0.1) is 0 Å². The molecular weight excluding hydrogens is 346 g/mol. The smallest absolute Gasteiger partial charge is 0.244 e. The number of rotatable bonds is 8. The molecular formula is C21H25NO5. The molecule has 0 fully saturated rings. The summed E-state index contributed by atoms with van der Waals surface area (Å²) >= 11 is 0. The molecule has 1 atom stereocenters. The minimum Gasteiger partial charge on any atom is -0.496 e. The van der Waals surface area contributed by atoms with Gasteiger partial charge in [-0.2, -0.15) is 0 Å². The van der Waals surface area contributed by atoms with Crippen molar-refractivity contribution in [3.63, 3.8) is 0 Å². The average molecular weight is 371 g/mol. The second-order valence-electron chi connectivity index (χ2n) is 5.75. The predicted molar refractivity (Wildman–Crippen MR) is 105 cm³/mol. The quantitative estimate of drug-likeness (QED) is 0.718. The fourth-order valence-electron chi connectivity index (χ4n) is 2.67. The zero-order valence-corrected chi connectivity index (χ0v) is 16.2. The lowest BCUT2D eigenvalue weighted by molar-refractivity contribution is -0.117. The van der Waals surface area contributed by atoms with Gasteiger partial charge < -0.3 is 24.3 Å². The van der Waals surface area contributed by atoms with Gasteiger partial charge in [0.25, 0.3) is 0 Å². The van der Waals surface area contributed by atoms with Gasteiger partial charge in [0.05, 0.1) is 40.0 Å². The molecule has 0 aromatic heterocycles. The van der Waals surface area contributed by atoms with Gasteiger partial charge >= 0.3 is 0 Å². The number of hydrogen-bond donors (Lipinski definition) is 1. The van der Waals surface area contributed by atoms with E-state index >= 15 is 0 Å². The number of amides is 1. The Balaban J connectivity index is 2.13. The van der Waals surface area contributed by atoms with E-state index in [1.165, 1.54) is 6.08 Å². The molecule has 0 saturated heterocycles. The van der Waals surface area contributed by atoms with E-state index in [1.807, 2.05) is 43.3 Å². The molecule has 0 aliphatic carbocycles. The van der Waals surface area contributed by atoms with Crippen molar-refractivity contribution in [1.29, 1.82) is 0 Å². The van der Waals surface area contributed by atoms with E-state index < -0.39 is 0 Å². The SMILES string of the molecule is COc1ccc([C@@H](C)NC(=O)/C=C/c2c(OC)cccc2OC)cc1OC. The molecule has 6 heteroatoms. The predicted octanol–water partition coefficient (Wildman–Crippen LogP) is 3.61. The van der Waals surface area contributed by atoms with Crippen LogP contribution in [0.4, 0.5) is 0 Å². The van der Waals surface area contributed by atoms with Crippen LogP contribution in [-0.2, 0) is 4.79 Å². The van der Waals surface area contributed by atoms with E-state index in [0.717, 1.165) is 5.56 Å². The Morgan fingerprint density at radius 3 is 2.04 bits per heavy atom. The number of benzene rings is 2. The summed E-state index contributed by atoms with van der Waals surface area (Å²) < 4.78 is 21.2. The maximum atomic E-state index is 12.3. The molecule has 1 amide bonds. The van der Waals surface area contributed by atoms with Crippen LogP contribution in [0.15, 0.2) is 42.5 Å². The molecule has 0 spiro atoms. The fraction of sp³-hybridized carbons (Fsp3) is 0.286. The standard InChI is InChI=1S/C21H25NO5/c1-14(15-9-11-19(26-4)20(13-15)27-5)22-21(23)12-10-16-17(24-2)7-6-8-18(16)25-3/h6-14H,1-5H3,(H,22,23)/b12-10+/t14-/m1/s1. The Bertz CT molecular complexity index is 794. The third-order valence-corrected chi connectivity index (χ3v) is 4.13. The molecule has 2 aromatic carbocycles. The van der Waals surface area contributed by atoms with Crippen molar-refractivity contribution >= 4 is 12.0 Å². The first kappa shape index (κ1) is 20.2. The summed E-state index contributed by atoms with van der Waals surface area (Å²) in [4.78, 5) is 12.3. The summed E-state index contributed by atoms with van der Waals surface area (Å²) in [6, 6.07) is 10.8. The molecule has 0 bridgehead atoms. The zero-order chi connectivity index (χ0) is 19.8. The van der Waals surface area contributed by atoms with Gasteiger partial charge in [-0.1, -0.05) is 12.1 Å². The largest absolute Gasteiger partial charge is 0.496 e. The molecule has 6 nitrogen and oxygen atoms in total. The number of methoxy groups -OCH3 is 4. The van der Waals surface area contributed by atoms with Crippen molar-refractivity contribution in [2.75, 3.05) is 28.4 Å². The molecule has 1 N–H and O–H groups in total. The van der Waals surface area contributed by atoms with Crippen LogP contribution in [0.2, 0.25) is 0 Å². The van der Waals surface area contributed by atoms with Crippen LogP contribution in [0, 0.1) is 0 Å². The van der Waals surface area contributed by atoms with E-state index in [2.05, 4.69) is 5.32 Å². The number of carbonyl (C=O) groups is 1. The second kappa shape index (κ2) is 9.52. The van der Waals surface area contributed by atoms with Crippen LogP contribution in [0.3, 0.4) is 0 Å². The molecule has 2 rings (SSSR count). The molecule has 144 valence electrons. The molecule has 0 saturated carbocycles. The minimum absolute atomic E-state index is 0.207. The highest BCUT2D eigenvalue weighted by Gasteiger charge is 2.12.